The first-order valence-electron chi connectivity index (χ1n) is 11.4. The minimum Gasteiger partial charge on any atom is -0.494 e. The number of nitrogens with zero attached hydrogens (tertiary/aromatic N) is 3. The minimum atomic E-state index is -0.702. The van der Waals surface area contributed by atoms with E-state index in [9.17, 15) is 19.2 Å². The fourth-order valence-electron chi connectivity index (χ4n) is 3.86. The van der Waals surface area contributed by atoms with E-state index in [4.69, 9.17) is 16.3 Å². The summed E-state index contributed by atoms with van der Waals surface area (Å²) in [7, 11) is 3.21. The molecule has 0 spiro atoms. The van der Waals surface area contributed by atoms with E-state index in [2.05, 4.69) is 5.32 Å². The molecule has 0 fully saturated rings. The Bertz CT molecular complexity index is 1600. The van der Waals surface area contributed by atoms with Crippen LogP contribution in [0.3, 0.4) is 0 Å². The maximum atomic E-state index is 13.6. The summed E-state index contributed by atoms with van der Waals surface area (Å²) >= 11 is 7.02. The lowest BCUT2D eigenvalue weighted by molar-refractivity contribution is -0.116. The van der Waals surface area contributed by atoms with E-state index >= 15 is 0 Å². The number of rotatable bonds is 7. The van der Waals surface area contributed by atoms with E-state index in [0.717, 1.165) is 15.9 Å². The van der Waals surface area contributed by atoms with Gasteiger partial charge < -0.3 is 15.0 Å². The monoisotopic (exact) mass is 540 g/mol. The zero-order valence-corrected chi connectivity index (χ0v) is 22.3. The summed E-state index contributed by atoms with van der Waals surface area (Å²) in [5.41, 5.74) is -0.00133. The fourth-order valence-corrected chi connectivity index (χ4v) is 5.30. The summed E-state index contributed by atoms with van der Waals surface area (Å²) in [5, 5.41) is 3.42. The van der Waals surface area contributed by atoms with E-state index in [0.29, 0.717) is 39.2 Å². The molecule has 11 heteroatoms. The summed E-state index contributed by atoms with van der Waals surface area (Å²) < 4.78 is 7.63. The zero-order chi connectivity index (χ0) is 26.9. The summed E-state index contributed by atoms with van der Waals surface area (Å²) in [6.07, 6.45) is 0. The summed E-state index contributed by atoms with van der Waals surface area (Å²) in [5.74, 6) is -0.102. The number of thiophene rings is 1. The quantitative estimate of drug-likeness (QED) is 0.383. The van der Waals surface area contributed by atoms with Crippen LogP contribution in [0.25, 0.3) is 15.9 Å². The fraction of sp³-hybridized carbons (Fsp3) is 0.231. The van der Waals surface area contributed by atoms with Crippen molar-refractivity contribution in [2.75, 3.05) is 26.0 Å². The van der Waals surface area contributed by atoms with Gasteiger partial charge in [0, 0.05) is 24.8 Å². The molecule has 192 valence electrons. The molecule has 0 unspecified atom stereocenters. The maximum Gasteiger partial charge on any atom is 0.337 e. The van der Waals surface area contributed by atoms with Crippen molar-refractivity contribution in [2.24, 2.45) is 0 Å². The Kier molecular flexibility index (Phi) is 7.51. The average Bonchev–Trinajstić information content (AvgIpc) is 3.21. The number of amides is 2. The van der Waals surface area contributed by atoms with E-state index in [-0.39, 0.29) is 22.7 Å². The lowest BCUT2D eigenvalue weighted by Crippen LogP contribution is -2.40. The third kappa shape index (κ3) is 5.16. The summed E-state index contributed by atoms with van der Waals surface area (Å²) in [4.78, 5) is 55.0. The number of fused-ring (bicyclic) bond motifs is 1. The van der Waals surface area contributed by atoms with Crippen molar-refractivity contribution in [3.8, 4) is 11.4 Å². The van der Waals surface area contributed by atoms with E-state index < -0.39 is 17.2 Å². The number of carbonyl (C=O) groups is 2. The number of hydrogen-bond donors (Lipinski definition) is 1. The number of hydrogen-bond acceptors (Lipinski definition) is 6. The third-order valence-electron chi connectivity index (χ3n) is 5.65. The van der Waals surface area contributed by atoms with E-state index in [1.807, 2.05) is 6.92 Å². The van der Waals surface area contributed by atoms with Gasteiger partial charge in [0.1, 0.15) is 17.1 Å². The van der Waals surface area contributed by atoms with Crippen molar-refractivity contribution in [2.45, 2.75) is 20.4 Å². The molecule has 0 saturated carbocycles. The van der Waals surface area contributed by atoms with Gasteiger partial charge in [-0.1, -0.05) is 11.6 Å². The van der Waals surface area contributed by atoms with Crippen LogP contribution in [0.15, 0.2) is 58.1 Å². The molecule has 37 heavy (non-hydrogen) atoms. The van der Waals surface area contributed by atoms with Gasteiger partial charge in [-0.3, -0.25) is 19.0 Å². The molecule has 1 N–H and O–H groups in total. The van der Waals surface area contributed by atoms with Crippen molar-refractivity contribution < 1.29 is 14.3 Å². The average molecular weight is 541 g/mol. The smallest absolute Gasteiger partial charge is 0.337 e. The van der Waals surface area contributed by atoms with Crippen LogP contribution in [0.1, 0.15) is 22.2 Å². The Balaban J connectivity index is 1.85. The van der Waals surface area contributed by atoms with Crippen LogP contribution in [0.2, 0.25) is 5.02 Å². The largest absolute Gasteiger partial charge is 0.494 e. The molecule has 0 radical (unpaired) electrons. The minimum absolute atomic E-state index is 0.207. The highest BCUT2D eigenvalue weighted by molar-refractivity contribution is 7.20. The van der Waals surface area contributed by atoms with Crippen molar-refractivity contribution in [1.29, 1.82) is 0 Å². The number of halogens is 1. The lowest BCUT2D eigenvalue weighted by Gasteiger charge is -2.13. The topological polar surface area (TPSA) is 103 Å². The van der Waals surface area contributed by atoms with Crippen molar-refractivity contribution >= 4 is 50.7 Å². The Hall–Kier alpha value is -3.89. The molecular weight excluding hydrogens is 516 g/mol. The number of aryl methyl sites for hydroxylation is 1. The van der Waals surface area contributed by atoms with Crippen LogP contribution < -0.4 is 21.3 Å². The third-order valence-corrected chi connectivity index (χ3v) is 7.20. The predicted molar refractivity (Wildman–Crippen MR) is 146 cm³/mol. The van der Waals surface area contributed by atoms with Crippen LogP contribution >= 0.6 is 22.9 Å². The van der Waals surface area contributed by atoms with Crippen molar-refractivity contribution in [3.05, 3.63) is 84.8 Å². The molecule has 0 aliphatic heterocycles. The molecule has 9 nitrogen and oxygen atoms in total. The molecule has 0 bridgehead atoms. The first-order valence-corrected chi connectivity index (χ1v) is 12.6. The first kappa shape index (κ1) is 26.2. The number of benzene rings is 2. The molecule has 4 aromatic rings. The number of carbonyl (C=O) groups excluding carboxylic acids is 2. The number of nitrogens with one attached hydrogen (secondary N) is 1. The maximum absolute atomic E-state index is 13.6. The Morgan fingerprint density at radius 2 is 1.70 bits per heavy atom. The van der Waals surface area contributed by atoms with Gasteiger partial charge in [0.25, 0.3) is 11.5 Å². The molecule has 2 aromatic heterocycles. The molecular formula is C26H25ClN4O5S. The Morgan fingerprint density at radius 3 is 2.30 bits per heavy atom. The SMILES string of the molecule is CCOc1ccc(NC(=O)Cn2c(=O)n(-c3ccc(Cl)cc3)c(=O)c3c(C)c(C(=O)N(C)C)sc32)cc1. The molecule has 0 aliphatic carbocycles. The van der Waals surface area contributed by atoms with Crippen LogP contribution in [0, 0.1) is 6.92 Å². The van der Waals surface area contributed by atoms with Crippen LogP contribution in [-0.4, -0.2) is 46.6 Å². The predicted octanol–water partition coefficient (Wildman–Crippen LogP) is 3.91. The zero-order valence-electron chi connectivity index (χ0n) is 20.7. The van der Waals surface area contributed by atoms with Gasteiger partial charge in [-0.15, -0.1) is 11.3 Å². The molecule has 0 aliphatic rings. The van der Waals surface area contributed by atoms with Gasteiger partial charge in [-0.2, -0.15) is 0 Å². The number of ether oxygens (including phenoxy) is 1. The number of anilines is 1. The van der Waals surface area contributed by atoms with Crippen molar-refractivity contribution in [3.63, 3.8) is 0 Å². The van der Waals surface area contributed by atoms with Gasteiger partial charge >= 0.3 is 5.69 Å². The number of aromatic nitrogens is 2. The highest BCUT2D eigenvalue weighted by atomic mass is 35.5. The van der Waals surface area contributed by atoms with Crippen molar-refractivity contribution in [1.82, 2.24) is 14.0 Å². The molecule has 4 rings (SSSR count). The van der Waals surface area contributed by atoms with Crippen LogP contribution in [-0.2, 0) is 11.3 Å². The highest BCUT2D eigenvalue weighted by Gasteiger charge is 2.25. The van der Waals surface area contributed by atoms with Gasteiger partial charge in [0.2, 0.25) is 5.91 Å². The Labute approximate surface area is 221 Å². The first-order chi connectivity index (χ1) is 17.6. The second-order valence-electron chi connectivity index (χ2n) is 8.43. The van der Waals surface area contributed by atoms with Gasteiger partial charge in [0.15, 0.2) is 0 Å². The normalized spacial score (nSPS) is 10.9. The molecule has 0 atom stereocenters. The molecule has 2 amide bonds. The molecule has 2 heterocycles. The van der Waals surface area contributed by atoms with Crippen LogP contribution in [0.4, 0.5) is 5.69 Å². The molecule has 0 saturated heterocycles. The van der Waals surface area contributed by atoms with E-state index in [1.165, 1.54) is 9.47 Å². The van der Waals surface area contributed by atoms with Gasteiger partial charge in [-0.05, 0) is 67.9 Å². The molecule has 2 aromatic carbocycles. The second kappa shape index (κ2) is 10.6. The second-order valence-corrected chi connectivity index (χ2v) is 9.86. The standard InChI is InChI=1S/C26H25ClN4O5S/c1-5-36-19-12-8-17(9-13-19)28-20(32)14-30-25-21(15(2)22(37-25)24(34)29(3)4)23(33)31(26(30)35)18-10-6-16(27)7-11-18/h6-13H,5,14H2,1-4H3,(H,28,32). The summed E-state index contributed by atoms with van der Waals surface area (Å²) in [6, 6.07) is 13.1. The lowest BCUT2D eigenvalue weighted by atomic mass is 10.2. The van der Waals surface area contributed by atoms with Crippen LogP contribution in [0.5, 0.6) is 5.75 Å². The van der Waals surface area contributed by atoms with Gasteiger partial charge in [-0.25, -0.2) is 9.36 Å². The highest BCUT2D eigenvalue weighted by Crippen LogP contribution is 2.29. The summed E-state index contributed by atoms with van der Waals surface area (Å²) in [6.45, 7) is 3.69. The van der Waals surface area contributed by atoms with Gasteiger partial charge in [0.05, 0.1) is 22.6 Å². The Morgan fingerprint density at radius 1 is 1.05 bits per heavy atom. The van der Waals surface area contributed by atoms with E-state index in [1.54, 1.807) is 69.6 Å².